The molecule has 0 aliphatic heterocycles. The molecule has 0 aliphatic rings. The number of rotatable bonds is 6. The molecule has 4 heteroatoms. The molecule has 0 unspecified atom stereocenters. The molecule has 22 heavy (non-hydrogen) atoms. The molecule has 0 fully saturated rings. The predicted octanol–water partition coefficient (Wildman–Crippen LogP) is 2.15. The Morgan fingerprint density at radius 1 is 0.727 bits per heavy atom. The number of nitrogens with zero attached hydrogens (tertiary/aromatic N) is 2. The average molecular weight is 419 g/mol. The average Bonchev–Trinajstić information content (AvgIpc) is 2.46. The first-order chi connectivity index (χ1) is 10.5. The van der Waals surface area contributed by atoms with Crippen LogP contribution in [0.5, 0.6) is 0 Å². The Morgan fingerprint density at radius 3 is 1.45 bits per heavy atom. The summed E-state index contributed by atoms with van der Waals surface area (Å²) in [7, 11) is 15.5. The van der Waals surface area contributed by atoms with Crippen LogP contribution in [0.3, 0.4) is 0 Å². The molecule has 2 rings (SSSR count). The maximum absolute atomic E-state index is 7.08. The second kappa shape index (κ2) is 8.39. The summed E-state index contributed by atoms with van der Waals surface area (Å²) < 4.78 is 2.82. The Kier molecular flexibility index (Phi) is 6.82. The summed E-state index contributed by atoms with van der Waals surface area (Å²) in [6.07, 6.45) is 0. The van der Waals surface area contributed by atoms with Gasteiger partial charge in [-0.15, -0.1) is 0 Å². The number of benzene rings is 2. The van der Waals surface area contributed by atoms with Crippen molar-refractivity contribution in [2.24, 2.45) is 0 Å². The van der Waals surface area contributed by atoms with Gasteiger partial charge in [-0.2, -0.15) is 0 Å². The van der Waals surface area contributed by atoms with E-state index in [9.17, 15) is 0 Å². The summed E-state index contributed by atoms with van der Waals surface area (Å²) >= 11 is -2.50. The van der Waals surface area contributed by atoms with Gasteiger partial charge < -0.3 is 0 Å². The van der Waals surface area contributed by atoms with Gasteiger partial charge in [0.1, 0.15) is 0 Å². The molecular weight excluding hydrogens is 394 g/mol. The summed E-state index contributed by atoms with van der Waals surface area (Å²) in [5, 5.41) is 0. The number of hydrogen-bond donors (Lipinski definition) is 0. The minimum absolute atomic E-state index is 0.951. The standard InChI is InChI=1S/2C9H12N.ClH.In/c2*1-10(2)8-9-6-4-3-5-7-9;;/h2*3-6H,8H2,1-2H3;1H;/q;;;+1/p-1. The Labute approximate surface area is 145 Å². The van der Waals surface area contributed by atoms with Crippen molar-refractivity contribution in [3.8, 4) is 0 Å². The van der Waals surface area contributed by atoms with Gasteiger partial charge in [0.05, 0.1) is 0 Å². The Hall–Kier alpha value is -0.480. The van der Waals surface area contributed by atoms with Crippen molar-refractivity contribution in [1.29, 1.82) is 0 Å². The third-order valence-electron chi connectivity index (χ3n) is 3.63. The molecule has 0 spiro atoms. The van der Waals surface area contributed by atoms with E-state index in [0.29, 0.717) is 0 Å². The zero-order valence-corrected chi connectivity index (χ0v) is 17.9. The van der Waals surface area contributed by atoms with Crippen LogP contribution in [0.25, 0.3) is 0 Å². The second-order valence-electron chi connectivity index (χ2n) is 6.24. The zero-order valence-electron chi connectivity index (χ0n) is 13.9. The van der Waals surface area contributed by atoms with Gasteiger partial charge in [-0.1, -0.05) is 0 Å². The fourth-order valence-electron chi connectivity index (χ4n) is 2.70. The van der Waals surface area contributed by atoms with Gasteiger partial charge in [0.15, 0.2) is 0 Å². The van der Waals surface area contributed by atoms with Crippen LogP contribution in [-0.4, -0.2) is 58.2 Å². The third-order valence-corrected chi connectivity index (χ3v) is 13.1. The molecule has 0 bridgehead atoms. The van der Waals surface area contributed by atoms with Crippen LogP contribution in [0.4, 0.5) is 0 Å². The van der Waals surface area contributed by atoms with E-state index in [1.165, 1.54) is 17.8 Å². The molecule has 0 aromatic heterocycles. The van der Waals surface area contributed by atoms with Crippen LogP contribution in [0.1, 0.15) is 11.1 Å². The first-order valence-corrected chi connectivity index (χ1v) is 15.0. The molecule has 0 aliphatic carbocycles. The van der Waals surface area contributed by atoms with Crippen LogP contribution in [0.2, 0.25) is 0 Å². The molecule has 0 saturated heterocycles. The predicted molar refractivity (Wildman–Crippen MR) is 98.5 cm³/mol. The number of hydrogen-bond acceptors (Lipinski definition) is 2. The molecule has 0 N–H and O–H groups in total. The first kappa shape index (κ1) is 17.9. The first-order valence-electron chi connectivity index (χ1n) is 7.58. The third kappa shape index (κ3) is 4.76. The molecule has 0 amide bonds. The van der Waals surface area contributed by atoms with Gasteiger partial charge in [0.2, 0.25) is 0 Å². The number of halogens is 1. The Balaban J connectivity index is 2.38. The second-order valence-corrected chi connectivity index (χ2v) is 14.8. The minimum atomic E-state index is -2.50. The van der Waals surface area contributed by atoms with E-state index in [1.807, 2.05) is 0 Å². The van der Waals surface area contributed by atoms with Crippen molar-refractivity contribution in [2.45, 2.75) is 13.1 Å². The quantitative estimate of drug-likeness (QED) is 0.709. The van der Waals surface area contributed by atoms with Gasteiger partial charge in [-0.3, -0.25) is 0 Å². The van der Waals surface area contributed by atoms with Crippen LogP contribution in [0.15, 0.2) is 48.5 Å². The van der Waals surface area contributed by atoms with E-state index in [2.05, 4.69) is 86.5 Å². The van der Waals surface area contributed by atoms with Crippen LogP contribution < -0.4 is 6.64 Å². The Morgan fingerprint density at radius 2 is 1.09 bits per heavy atom. The Bertz CT molecular complexity index is 560. The van der Waals surface area contributed by atoms with E-state index in [1.54, 1.807) is 0 Å². The summed E-state index contributed by atoms with van der Waals surface area (Å²) in [6, 6.07) is 17.4. The van der Waals surface area contributed by atoms with Crippen molar-refractivity contribution in [2.75, 3.05) is 28.2 Å². The van der Waals surface area contributed by atoms with E-state index >= 15 is 0 Å². The fourth-order valence-corrected chi connectivity index (χ4v) is 11.0. The van der Waals surface area contributed by atoms with Crippen LogP contribution >= 0.6 is 8.58 Å². The van der Waals surface area contributed by atoms with E-state index in [0.717, 1.165) is 13.1 Å². The van der Waals surface area contributed by atoms with Gasteiger partial charge in [-0.25, -0.2) is 0 Å². The van der Waals surface area contributed by atoms with Crippen molar-refractivity contribution in [1.82, 2.24) is 9.80 Å². The molecule has 116 valence electrons. The molecule has 2 nitrogen and oxygen atoms in total. The monoisotopic (exact) mass is 418 g/mol. The van der Waals surface area contributed by atoms with Crippen molar-refractivity contribution in [3.05, 3.63) is 59.7 Å². The molecule has 0 heterocycles. The maximum atomic E-state index is 7.08. The van der Waals surface area contributed by atoms with E-state index < -0.39 is 20.3 Å². The van der Waals surface area contributed by atoms with Crippen LogP contribution in [-0.2, 0) is 13.1 Å². The summed E-state index contributed by atoms with van der Waals surface area (Å²) in [5.74, 6) is 0. The summed E-state index contributed by atoms with van der Waals surface area (Å²) in [4.78, 5) is 4.42. The molecule has 2 aromatic rings. The van der Waals surface area contributed by atoms with E-state index in [4.69, 9.17) is 8.58 Å². The molecule has 0 atom stereocenters. The van der Waals surface area contributed by atoms with Crippen LogP contribution in [0, 0.1) is 0 Å². The van der Waals surface area contributed by atoms with Crippen molar-refractivity contribution >= 4 is 35.5 Å². The molecular formula is C18H24ClInN2. The van der Waals surface area contributed by atoms with Gasteiger partial charge in [0.25, 0.3) is 0 Å². The van der Waals surface area contributed by atoms with E-state index in [-0.39, 0.29) is 0 Å². The van der Waals surface area contributed by atoms with Crippen molar-refractivity contribution in [3.63, 3.8) is 0 Å². The van der Waals surface area contributed by atoms with Crippen molar-refractivity contribution < 1.29 is 0 Å². The molecule has 2 aromatic carbocycles. The topological polar surface area (TPSA) is 6.48 Å². The molecule has 0 radical (unpaired) electrons. The summed E-state index contributed by atoms with van der Waals surface area (Å²) in [6.45, 7) is 1.90. The van der Waals surface area contributed by atoms with Gasteiger partial charge in [0, 0.05) is 0 Å². The van der Waals surface area contributed by atoms with Gasteiger partial charge >= 0.3 is 146 Å². The zero-order chi connectivity index (χ0) is 16.1. The molecule has 0 saturated carbocycles. The normalized spacial score (nSPS) is 11.2. The summed E-state index contributed by atoms with van der Waals surface area (Å²) in [5.41, 5.74) is 2.76. The SMILES string of the molecule is CN(C)Cc1cccc[c]1[In]([Cl])[c]1ccccc1CN(C)C. The fraction of sp³-hybridized carbons (Fsp3) is 0.333. The van der Waals surface area contributed by atoms with Gasteiger partial charge in [-0.05, 0) is 0 Å².